The summed E-state index contributed by atoms with van der Waals surface area (Å²) in [4.78, 5) is 0. The zero-order valence-corrected chi connectivity index (χ0v) is 27.4. The van der Waals surface area contributed by atoms with Gasteiger partial charge in [0.15, 0.2) is 0 Å². The van der Waals surface area contributed by atoms with Crippen molar-refractivity contribution in [1.82, 2.24) is 0 Å². The van der Waals surface area contributed by atoms with Crippen molar-refractivity contribution in [1.29, 1.82) is 0 Å². The van der Waals surface area contributed by atoms with Gasteiger partial charge in [0.1, 0.15) is 0 Å². The lowest BCUT2D eigenvalue weighted by Gasteiger charge is -2.18. The molecule has 1 aromatic heterocycles. The van der Waals surface area contributed by atoms with E-state index in [4.69, 9.17) is 0 Å². The molecule has 226 valence electrons. The van der Waals surface area contributed by atoms with E-state index in [2.05, 4.69) is 170 Å². The normalized spacial score (nSPS) is 12.1. The summed E-state index contributed by atoms with van der Waals surface area (Å²) in [6, 6.07) is 63.0. The van der Waals surface area contributed by atoms with Crippen LogP contribution in [0.25, 0.3) is 107 Å². The van der Waals surface area contributed by atoms with Crippen molar-refractivity contribution in [3.05, 3.63) is 170 Å². The molecular formula is C48H28S. The van der Waals surface area contributed by atoms with Gasteiger partial charge in [0, 0.05) is 20.2 Å². The molecule has 11 aromatic rings. The number of hydrogen-bond acceptors (Lipinski definition) is 1. The van der Waals surface area contributed by atoms with Crippen LogP contribution < -0.4 is 0 Å². The van der Waals surface area contributed by atoms with Crippen LogP contribution in [0.4, 0.5) is 0 Å². The second kappa shape index (κ2) is 10.2. The monoisotopic (exact) mass is 636 g/mol. The first-order valence-electron chi connectivity index (χ1n) is 16.9. The van der Waals surface area contributed by atoms with Crippen LogP contribution in [0.1, 0.15) is 0 Å². The first-order chi connectivity index (χ1) is 24.3. The average molecular weight is 637 g/mol. The van der Waals surface area contributed by atoms with E-state index in [1.54, 1.807) is 0 Å². The summed E-state index contributed by atoms with van der Waals surface area (Å²) in [6.07, 6.45) is 0. The number of benzene rings is 10. The van der Waals surface area contributed by atoms with Crippen LogP contribution in [0.5, 0.6) is 0 Å². The third-order valence-corrected chi connectivity index (χ3v) is 11.9. The molecule has 0 N–H and O–H groups in total. The predicted molar refractivity (Wildman–Crippen MR) is 214 cm³/mol. The molecule has 0 nitrogen and oxygen atoms in total. The fourth-order valence-corrected chi connectivity index (χ4v) is 9.81. The van der Waals surface area contributed by atoms with Crippen molar-refractivity contribution in [2.24, 2.45) is 0 Å². The first-order valence-corrected chi connectivity index (χ1v) is 17.7. The minimum absolute atomic E-state index is 1.23. The molecule has 0 spiro atoms. The third-order valence-electron chi connectivity index (χ3n) is 10.6. The second-order valence-electron chi connectivity index (χ2n) is 13.2. The maximum atomic E-state index is 2.42. The van der Waals surface area contributed by atoms with Gasteiger partial charge in [0.2, 0.25) is 0 Å². The van der Waals surface area contributed by atoms with E-state index in [0.717, 1.165) is 0 Å². The van der Waals surface area contributed by atoms with Crippen molar-refractivity contribution in [3.63, 3.8) is 0 Å². The molecule has 0 radical (unpaired) electrons. The van der Waals surface area contributed by atoms with Gasteiger partial charge in [-0.3, -0.25) is 0 Å². The molecule has 0 unspecified atom stereocenters. The van der Waals surface area contributed by atoms with Gasteiger partial charge in [-0.2, -0.15) is 0 Å². The van der Waals surface area contributed by atoms with E-state index < -0.39 is 0 Å². The smallest absolute Gasteiger partial charge is 0.0434 e. The van der Waals surface area contributed by atoms with Gasteiger partial charge < -0.3 is 0 Å². The van der Waals surface area contributed by atoms with Crippen molar-refractivity contribution in [2.75, 3.05) is 0 Å². The highest BCUT2D eigenvalue weighted by molar-refractivity contribution is 7.26. The van der Waals surface area contributed by atoms with Crippen molar-refractivity contribution in [2.45, 2.75) is 0 Å². The topological polar surface area (TPSA) is 0 Å². The van der Waals surface area contributed by atoms with Gasteiger partial charge >= 0.3 is 0 Å². The van der Waals surface area contributed by atoms with E-state index in [-0.39, 0.29) is 0 Å². The molecule has 0 aliphatic rings. The minimum atomic E-state index is 1.23. The Balaban J connectivity index is 1.12. The van der Waals surface area contributed by atoms with Crippen LogP contribution in [0.2, 0.25) is 0 Å². The SMILES string of the molecule is c1ccc(-c2cccc3c2sc2c(-c4cccc(-c5ccc6c(c5)c5cccc7c8ccccc8c8cccc6c8c75)c4)cccc23)cc1. The van der Waals surface area contributed by atoms with Crippen LogP contribution in [0.3, 0.4) is 0 Å². The summed E-state index contributed by atoms with van der Waals surface area (Å²) in [5, 5.41) is 16.0. The molecule has 0 aliphatic heterocycles. The van der Waals surface area contributed by atoms with E-state index in [1.807, 2.05) is 11.3 Å². The zero-order chi connectivity index (χ0) is 32.1. The van der Waals surface area contributed by atoms with E-state index in [1.165, 1.54) is 107 Å². The molecule has 0 fully saturated rings. The Morgan fingerprint density at radius 3 is 1.33 bits per heavy atom. The zero-order valence-electron chi connectivity index (χ0n) is 26.6. The average Bonchev–Trinajstić information content (AvgIpc) is 3.57. The number of rotatable bonds is 3. The Morgan fingerprint density at radius 2 is 0.673 bits per heavy atom. The van der Waals surface area contributed by atoms with Crippen LogP contribution in [0, 0.1) is 0 Å². The molecular weight excluding hydrogens is 609 g/mol. The molecule has 0 bridgehead atoms. The molecule has 1 heteroatoms. The van der Waals surface area contributed by atoms with Crippen LogP contribution >= 0.6 is 11.3 Å². The molecule has 0 atom stereocenters. The Kier molecular flexibility index (Phi) is 5.64. The summed E-state index contributed by atoms with van der Waals surface area (Å²) in [7, 11) is 0. The molecule has 0 saturated heterocycles. The summed E-state index contributed by atoms with van der Waals surface area (Å²) >= 11 is 1.91. The summed E-state index contributed by atoms with van der Waals surface area (Å²) < 4.78 is 2.69. The molecule has 0 saturated carbocycles. The lowest BCUT2D eigenvalue weighted by atomic mass is 9.85. The van der Waals surface area contributed by atoms with Crippen molar-refractivity contribution in [3.8, 4) is 33.4 Å². The van der Waals surface area contributed by atoms with Gasteiger partial charge in [-0.25, -0.2) is 0 Å². The van der Waals surface area contributed by atoms with Gasteiger partial charge in [0.25, 0.3) is 0 Å². The largest absolute Gasteiger partial charge is 0.134 e. The highest BCUT2D eigenvalue weighted by Gasteiger charge is 2.18. The fourth-order valence-electron chi connectivity index (χ4n) is 8.43. The number of thiophene rings is 1. The summed E-state index contributed by atoms with van der Waals surface area (Å²) in [6.45, 7) is 0. The molecule has 49 heavy (non-hydrogen) atoms. The molecule has 11 rings (SSSR count). The Hall–Kier alpha value is -6.02. The second-order valence-corrected chi connectivity index (χ2v) is 14.2. The predicted octanol–water partition coefficient (Wildman–Crippen LogP) is 14.3. The quantitative estimate of drug-likeness (QED) is 0.134. The van der Waals surface area contributed by atoms with E-state index in [9.17, 15) is 0 Å². The molecule has 10 aromatic carbocycles. The van der Waals surface area contributed by atoms with Gasteiger partial charge in [-0.05, 0) is 99.4 Å². The highest BCUT2D eigenvalue weighted by Crippen LogP contribution is 2.47. The van der Waals surface area contributed by atoms with Crippen LogP contribution in [-0.4, -0.2) is 0 Å². The third kappa shape index (κ3) is 3.85. The van der Waals surface area contributed by atoms with Crippen molar-refractivity contribution < 1.29 is 0 Å². The van der Waals surface area contributed by atoms with Crippen LogP contribution in [0.15, 0.2) is 170 Å². The Morgan fingerprint density at radius 1 is 0.245 bits per heavy atom. The van der Waals surface area contributed by atoms with Gasteiger partial charge in [0.05, 0.1) is 0 Å². The molecule has 0 aliphatic carbocycles. The van der Waals surface area contributed by atoms with E-state index in [0.29, 0.717) is 0 Å². The highest BCUT2D eigenvalue weighted by atomic mass is 32.1. The molecule has 0 amide bonds. The maximum absolute atomic E-state index is 2.42. The number of hydrogen-bond donors (Lipinski definition) is 0. The van der Waals surface area contributed by atoms with Crippen LogP contribution in [-0.2, 0) is 0 Å². The minimum Gasteiger partial charge on any atom is -0.134 e. The summed E-state index contributed by atoms with van der Waals surface area (Å²) in [5.41, 5.74) is 7.57. The summed E-state index contributed by atoms with van der Waals surface area (Å²) in [5.74, 6) is 0. The fraction of sp³-hybridized carbons (Fsp3) is 0. The standard InChI is InChI=1S/C48H28S/c1-2-11-29(12-3-1)33-17-7-23-42-43-24-8-18-34(48(43)49-47(33)42)32-14-6-13-30(27-32)31-25-26-37-40-21-9-19-38-35-15-4-5-16-36(35)39-20-10-22-41(44(37)28-31)46(39)45(38)40/h1-28H. The van der Waals surface area contributed by atoms with E-state index >= 15 is 0 Å². The van der Waals surface area contributed by atoms with Crippen molar-refractivity contribution >= 4 is 85.4 Å². The van der Waals surface area contributed by atoms with Gasteiger partial charge in [-0.15, -0.1) is 11.3 Å². The Bertz CT molecular complexity index is 3090. The lowest BCUT2D eigenvalue weighted by Crippen LogP contribution is -1.90. The molecule has 1 heterocycles. The first kappa shape index (κ1) is 27.0. The maximum Gasteiger partial charge on any atom is 0.0434 e. The van der Waals surface area contributed by atoms with Gasteiger partial charge in [-0.1, -0.05) is 158 Å². The lowest BCUT2D eigenvalue weighted by molar-refractivity contribution is 1.63. The number of fused-ring (bicyclic) bond motifs is 9. The Labute approximate surface area is 287 Å².